The number of aliphatic hydroxyl groups is 1. The highest BCUT2D eigenvalue weighted by atomic mass is 16.6. The van der Waals surface area contributed by atoms with E-state index in [0.717, 1.165) is 6.08 Å². The average molecular weight is 511 g/mol. The van der Waals surface area contributed by atoms with Crippen LogP contribution in [-0.2, 0) is 14.3 Å². The average Bonchev–Trinajstić information content (AvgIpc) is 2.84. The lowest BCUT2D eigenvalue weighted by Crippen LogP contribution is -2.23. The van der Waals surface area contributed by atoms with Crippen molar-refractivity contribution in [2.75, 3.05) is 14.2 Å². The fourth-order valence-corrected chi connectivity index (χ4v) is 3.03. The first-order chi connectivity index (χ1) is 17.5. The largest absolute Gasteiger partial charge is 0.508 e. The molecule has 0 saturated heterocycles. The number of ketones is 1. The van der Waals surface area contributed by atoms with Crippen LogP contribution in [0.2, 0.25) is 0 Å². The second-order valence-electron chi connectivity index (χ2n) is 7.78. The zero-order valence-electron chi connectivity index (χ0n) is 21.0. The summed E-state index contributed by atoms with van der Waals surface area (Å²) >= 11 is 0. The quantitative estimate of drug-likeness (QED) is 0.134. The van der Waals surface area contributed by atoms with Crippen LogP contribution in [-0.4, -0.2) is 49.5 Å². The number of nitrogens with two attached hydrogens (primary N) is 2. The summed E-state index contributed by atoms with van der Waals surface area (Å²) in [7, 11) is 2.81. The zero-order chi connectivity index (χ0) is 27.5. The lowest BCUT2D eigenvalue weighted by atomic mass is 10.1. The normalized spacial score (nSPS) is 13.3. The van der Waals surface area contributed by atoms with Crippen LogP contribution >= 0.6 is 0 Å². The monoisotopic (exact) mass is 510 g/mol. The van der Waals surface area contributed by atoms with Gasteiger partial charge in [0.15, 0.2) is 5.78 Å². The smallest absolute Gasteiger partial charge is 0.343 e. The van der Waals surface area contributed by atoms with E-state index in [0.29, 0.717) is 11.1 Å². The Morgan fingerprint density at radius 2 is 1.22 bits per heavy atom. The third kappa shape index (κ3) is 8.95. The summed E-state index contributed by atoms with van der Waals surface area (Å²) in [6.45, 7) is 3.06. The Morgan fingerprint density at radius 1 is 0.784 bits per heavy atom. The van der Waals surface area contributed by atoms with Crippen LogP contribution in [0.5, 0.6) is 11.5 Å². The zero-order valence-corrected chi connectivity index (χ0v) is 21.0. The van der Waals surface area contributed by atoms with E-state index in [9.17, 15) is 19.5 Å². The Labute approximate surface area is 214 Å². The summed E-state index contributed by atoms with van der Waals surface area (Å²) in [4.78, 5) is 36.4. The summed E-state index contributed by atoms with van der Waals surface area (Å²) in [6, 6.07) is 9.37. The lowest BCUT2D eigenvalue weighted by Gasteiger charge is -2.11. The second-order valence-corrected chi connectivity index (χ2v) is 7.78. The highest BCUT2D eigenvalue weighted by Crippen LogP contribution is 2.23. The van der Waals surface area contributed by atoms with Gasteiger partial charge >= 0.3 is 11.9 Å². The molecule has 2 aromatic carbocycles. The van der Waals surface area contributed by atoms with Gasteiger partial charge < -0.3 is 24.1 Å². The Kier molecular flexibility index (Phi) is 10.6. The fourth-order valence-electron chi connectivity index (χ4n) is 3.03. The van der Waals surface area contributed by atoms with E-state index in [2.05, 4.69) is 0 Å². The van der Waals surface area contributed by atoms with Crippen LogP contribution in [0, 0.1) is 0 Å². The Morgan fingerprint density at radius 3 is 1.62 bits per heavy atom. The van der Waals surface area contributed by atoms with Gasteiger partial charge in [-0.3, -0.25) is 16.3 Å². The molecule has 2 aromatic rings. The van der Waals surface area contributed by atoms with Gasteiger partial charge in [-0.2, -0.15) is 0 Å². The van der Waals surface area contributed by atoms with Crippen LogP contribution in [0.15, 0.2) is 60.4 Å². The Bertz CT molecular complexity index is 1230. The SMILES string of the molecule is COc1cc(/C=C/C(=O)/C=C(O)/C=C/c2ccc(C(=O)OC(C)N)c(OC)c2)ccc1C(=O)OC(C)N. The number of allylic oxidation sites excluding steroid dienone is 3. The maximum Gasteiger partial charge on any atom is 0.343 e. The van der Waals surface area contributed by atoms with Crippen molar-refractivity contribution < 1.29 is 38.4 Å². The molecular formula is C27H30N2O8. The molecule has 0 aromatic heterocycles. The Balaban J connectivity index is 2.10. The van der Waals surface area contributed by atoms with Gasteiger partial charge in [0.05, 0.1) is 14.2 Å². The molecule has 5 N–H and O–H groups in total. The van der Waals surface area contributed by atoms with Crippen molar-refractivity contribution in [3.8, 4) is 11.5 Å². The summed E-state index contributed by atoms with van der Waals surface area (Å²) in [5.74, 6) is -1.50. The van der Waals surface area contributed by atoms with Gasteiger partial charge in [-0.15, -0.1) is 0 Å². The van der Waals surface area contributed by atoms with Crippen LogP contribution in [0.1, 0.15) is 45.7 Å². The topological polar surface area (TPSA) is 160 Å². The van der Waals surface area contributed by atoms with E-state index in [4.69, 9.17) is 30.4 Å². The Hall–Kier alpha value is -4.41. The molecule has 2 unspecified atom stereocenters. The molecular weight excluding hydrogens is 480 g/mol. The molecule has 0 spiro atoms. The van der Waals surface area contributed by atoms with Crippen LogP contribution < -0.4 is 20.9 Å². The van der Waals surface area contributed by atoms with E-state index < -0.39 is 30.2 Å². The van der Waals surface area contributed by atoms with Gasteiger partial charge in [-0.05, 0) is 61.4 Å². The maximum absolute atomic E-state index is 12.2. The molecule has 0 bridgehead atoms. The number of ether oxygens (including phenoxy) is 4. The molecule has 0 fully saturated rings. The van der Waals surface area contributed by atoms with Crippen molar-refractivity contribution in [2.24, 2.45) is 11.5 Å². The number of aliphatic hydroxyl groups excluding tert-OH is 1. The first kappa shape index (κ1) is 28.8. The number of carbonyl (C=O) groups is 3. The minimum atomic E-state index is -0.770. The molecule has 0 radical (unpaired) electrons. The number of methoxy groups -OCH3 is 2. The number of esters is 2. The number of rotatable bonds is 11. The van der Waals surface area contributed by atoms with Gasteiger partial charge in [0.25, 0.3) is 0 Å². The van der Waals surface area contributed by atoms with Gasteiger partial charge in [0, 0.05) is 6.08 Å². The maximum atomic E-state index is 12.2. The van der Waals surface area contributed by atoms with E-state index in [1.165, 1.54) is 64.5 Å². The molecule has 37 heavy (non-hydrogen) atoms. The van der Waals surface area contributed by atoms with Crippen LogP contribution in [0.4, 0.5) is 0 Å². The molecule has 10 nitrogen and oxygen atoms in total. The number of hydrogen-bond acceptors (Lipinski definition) is 10. The lowest BCUT2D eigenvalue weighted by molar-refractivity contribution is -0.110. The van der Waals surface area contributed by atoms with Crippen LogP contribution in [0.25, 0.3) is 12.2 Å². The van der Waals surface area contributed by atoms with E-state index in [1.807, 2.05) is 0 Å². The van der Waals surface area contributed by atoms with E-state index >= 15 is 0 Å². The van der Waals surface area contributed by atoms with Crippen molar-refractivity contribution in [1.29, 1.82) is 0 Å². The molecule has 0 aliphatic rings. The standard InChI is InChI=1S/C27H30N2O8/c1-16(28)36-26(32)22-11-7-18(13-24(22)34-3)5-9-20(30)15-21(31)10-6-19-8-12-23(25(14-19)35-4)27(33)37-17(2)29/h5-17,30H,28-29H2,1-4H3/b9-5+,10-6+,20-15-. The van der Waals surface area contributed by atoms with Gasteiger partial charge in [0.1, 0.15) is 40.8 Å². The molecule has 0 amide bonds. The molecule has 0 heterocycles. The molecule has 2 rings (SSSR count). The molecule has 0 saturated carbocycles. The van der Waals surface area contributed by atoms with Crippen molar-refractivity contribution in [2.45, 2.75) is 26.3 Å². The van der Waals surface area contributed by atoms with Crippen LogP contribution in [0.3, 0.4) is 0 Å². The summed E-state index contributed by atoms with van der Waals surface area (Å²) in [5.41, 5.74) is 12.6. The third-order valence-electron chi connectivity index (χ3n) is 4.65. The van der Waals surface area contributed by atoms with E-state index in [-0.39, 0.29) is 28.4 Å². The number of carbonyl (C=O) groups excluding carboxylic acids is 3. The number of benzene rings is 2. The third-order valence-corrected chi connectivity index (χ3v) is 4.65. The first-order valence-electron chi connectivity index (χ1n) is 11.1. The molecule has 0 aliphatic carbocycles. The molecule has 196 valence electrons. The first-order valence-corrected chi connectivity index (χ1v) is 11.1. The van der Waals surface area contributed by atoms with Crippen molar-refractivity contribution in [3.63, 3.8) is 0 Å². The summed E-state index contributed by atoms with van der Waals surface area (Å²) < 4.78 is 20.4. The fraction of sp³-hybridized carbons (Fsp3) is 0.222. The molecule has 2 atom stereocenters. The van der Waals surface area contributed by atoms with Gasteiger partial charge in [-0.25, -0.2) is 9.59 Å². The van der Waals surface area contributed by atoms with Gasteiger partial charge in [0.2, 0.25) is 0 Å². The van der Waals surface area contributed by atoms with Crippen molar-refractivity contribution in [1.82, 2.24) is 0 Å². The van der Waals surface area contributed by atoms with Gasteiger partial charge in [-0.1, -0.05) is 24.3 Å². The minimum Gasteiger partial charge on any atom is -0.508 e. The predicted octanol–water partition coefficient (Wildman–Crippen LogP) is 3.36. The minimum absolute atomic E-state index is 0.196. The second kappa shape index (κ2) is 13.6. The summed E-state index contributed by atoms with van der Waals surface area (Å²) in [5, 5.41) is 10.1. The van der Waals surface area contributed by atoms with Crippen molar-refractivity contribution >= 4 is 29.9 Å². The molecule has 0 aliphatic heterocycles. The van der Waals surface area contributed by atoms with Crippen molar-refractivity contribution in [3.05, 3.63) is 82.6 Å². The highest BCUT2D eigenvalue weighted by molar-refractivity contribution is 6.02. The number of hydrogen-bond donors (Lipinski definition) is 3. The highest BCUT2D eigenvalue weighted by Gasteiger charge is 2.16. The molecule has 10 heteroatoms. The van der Waals surface area contributed by atoms with E-state index in [1.54, 1.807) is 24.3 Å². The summed E-state index contributed by atoms with van der Waals surface area (Å²) in [6.07, 6.45) is 5.11. The predicted molar refractivity (Wildman–Crippen MR) is 138 cm³/mol.